The number of aromatic nitrogens is 2. The van der Waals surface area contributed by atoms with Crippen LogP contribution in [0.2, 0.25) is 0 Å². The molecule has 4 aromatic rings. The number of sulfonamides is 1. The van der Waals surface area contributed by atoms with Crippen LogP contribution in [0.5, 0.6) is 0 Å². The van der Waals surface area contributed by atoms with Crippen LogP contribution >= 0.6 is 0 Å². The second kappa shape index (κ2) is 10.3. The number of benzene rings is 3. The number of nitrogens with zero attached hydrogens (tertiary/aromatic N) is 4. The number of imidazole rings is 1. The van der Waals surface area contributed by atoms with Gasteiger partial charge >= 0.3 is 0 Å². The van der Waals surface area contributed by atoms with Crippen molar-refractivity contribution in [3.05, 3.63) is 102 Å². The number of piperazine rings is 1. The number of carbonyl (C=O) groups excluding carboxylic acids is 2. The highest BCUT2D eigenvalue weighted by molar-refractivity contribution is 7.89. The van der Waals surface area contributed by atoms with Crippen molar-refractivity contribution in [2.45, 2.75) is 11.8 Å². The van der Waals surface area contributed by atoms with Crippen molar-refractivity contribution < 1.29 is 22.4 Å². The molecule has 8 nitrogen and oxygen atoms in total. The Balaban J connectivity index is 1.29. The Morgan fingerprint density at radius 1 is 0.868 bits per heavy atom. The van der Waals surface area contributed by atoms with E-state index in [1.165, 1.54) is 23.4 Å². The van der Waals surface area contributed by atoms with Crippen molar-refractivity contribution in [3.8, 4) is 16.8 Å². The van der Waals surface area contributed by atoms with Crippen molar-refractivity contribution in [3.63, 3.8) is 0 Å². The number of amides is 1. The smallest absolute Gasteiger partial charge is 0.243 e. The van der Waals surface area contributed by atoms with E-state index >= 15 is 0 Å². The van der Waals surface area contributed by atoms with Gasteiger partial charge in [0.05, 0.1) is 16.8 Å². The molecule has 0 saturated carbocycles. The average Bonchev–Trinajstić information content (AvgIpc) is 3.48. The molecule has 0 unspecified atom stereocenters. The highest BCUT2D eigenvalue weighted by atomic mass is 32.2. The summed E-state index contributed by atoms with van der Waals surface area (Å²) in [5, 5.41) is 0. The predicted octanol–water partition coefficient (Wildman–Crippen LogP) is 3.76. The molecular weight excluding hydrogens is 507 g/mol. The van der Waals surface area contributed by atoms with Gasteiger partial charge in [-0.05, 0) is 41.5 Å². The molecule has 1 aromatic heterocycles. The lowest BCUT2D eigenvalue weighted by molar-refractivity contribution is -0.129. The molecule has 0 N–H and O–H groups in total. The lowest BCUT2D eigenvalue weighted by Crippen LogP contribution is -2.49. The van der Waals surface area contributed by atoms with Gasteiger partial charge in [-0.3, -0.25) is 9.59 Å². The first-order chi connectivity index (χ1) is 18.2. The maximum absolute atomic E-state index is 14.7. The molecule has 3 aromatic carbocycles. The fourth-order valence-electron chi connectivity index (χ4n) is 4.44. The second-order valence-corrected chi connectivity index (χ2v) is 10.9. The van der Waals surface area contributed by atoms with Crippen molar-refractivity contribution in [1.82, 2.24) is 18.8 Å². The number of carbonyl (C=O) groups is 2. The van der Waals surface area contributed by atoms with Gasteiger partial charge in [0.25, 0.3) is 0 Å². The third-order valence-corrected chi connectivity index (χ3v) is 8.57. The van der Waals surface area contributed by atoms with E-state index in [1.54, 1.807) is 82.8 Å². The molecule has 1 saturated heterocycles. The number of ketones is 1. The third-order valence-electron chi connectivity index (χ3n) is 6.66. The molecule has 0 bridgehead atoms. The van der Waals surface area contributed by atoms with Gasteiger partial charge in [-0.2, -0.15) is 4.31 Å². The van der Waals surface area contributed by atoms with Gasteiger partial charge in [-0.25, -0.2) is 17.8 Å². The zero-order valence-electron chi connectivity index (χ0n) is 20.6. The van der Waals surface area contributed by atoms with Crippen LogP contribution in [0.25, 0.3) is 16.8 Å². The quantitative estimate of drug-likeness (QED) is 0.353. The highest BCUT2D eigenvalue weighted by Gasteiger charge is 2.29. The summed E-state index contributed by atoms with van der Waals surface area (Å²) in [6.07, 6.45) is 4.82. The average molecular weight is 533 g/mol. The summed E-state index contributed by atoms with van der Waals surface area (Å²) >= 11 is 0. The zero-order valence-corrected chi connectivity index (χ0v) is 21.4. The standard InChI is InChI=1S/C28H25FN4O4S/c1-20(34)31-14-16-33(17-15-31)38(36,37)25-9-6-22(7-10-25)21-2-4-23(5-3-21)28(35)26-11-8-24(18-27(26)29)32-13-12-30-19-32/h2-13,18-19H,14-17H2,1H3. The fraction of sp³-hybridized carbons (Fsp3) is 0.179. The maximum atomic E-state index is 14.7. The van der Waals surface area contributed by atoms with Crippen LogP contribution in [0.4, 0.5) is 4.39 Å². The summed E-state index contributed by atoms with van der Waals surface area (Å²) in [6, 6.07) is 17.7. The van der Waals surface area contributed by atoms with Gasteiger partial charge in [0.2, 0.25) is 15.9 Å². The van der Waals surface area contributed by atoms with E-state index in [9.17, 15) is 22.4 Å². The highest BCUT2D eigenvalue weighted by Crippen LogP contribution is 2.25. The Labute approximate surface area is 220 Å². The molecule has 5 rings (SSSR count). The van der Waals surface area contributed by atoms with Crippen LogP contribution in [-0.4, -0.2) is 65.0 Å². The lowest BCUT2D eigenvalue weighted by atomic mass is 9.99. The molecule has 1 amide bonds. The van der Waals surface area contributed by atoms with Gasteiger partial charge in [0, 0.05) is 56.7 Å². The molecule has 1 aliphatic heterocycles. The van der Waals surface area contributed by atoms with Gasteiger partial charge in [0.15, 0.2) is 5.78 Å². The number of halogens is 1. The minimum Gasteiger partial charge on any atom is -0.340 e. The first-order valence-corrected chi connectivity index (χ1v) is 13.5. The Bertz CT molecular complexity index is 1580. The van der Waals surface area contributed by atoms with E-state index in [-0.39, 0.29) is 29.5 Å². The molecule has 194 valence electrons. The Morgan fingerprint density at radius 2 is 1.50 bits per heavy atom. The van der Waals surface area contributed by atoms with Crippen LogP contribution in [0.3, 0.4) is 0 Å². The number of rotatable bonds is 6. The van der Waals surface area contributed by atoms with E-state index < -0.39 is 21.6 Å². The van der Waals surface area contributed by atoms with Gasteiger partial charge in [-0.15, -0.1) is 0 Å². The molecular formula is C28H25FN4O4S. The zero-order chi connectivity index (χ0) is 26.9. The summed E-state index contributed by atoms with van der Waals surface area (Å²) in [4.78, 5) is 30.2. The van der Waals surface area contributed by atoms with Crippen LogP contribution in [0, 0.1) is 5.82 Å². The van der Waals surface area contributed by atoms with Gasteiger partial charge < -0.3 is 9.47 Å². The summed E-state index contributed by atoms with van der Waals surface area (Å²) < 4.78 is 43.8. The van der Waals surface area contributed by atoms with E-state index in [4.69, 9.17) is 0 Å². The molecule has 0 aliphatic carbocycles. The summed E-state index contributed by atoms with van der Waals surface area (Å²) in [6.45, 7) is 2.73. The van der Waals surface area contributed by atoms with Crippen LogP contribution in [0.15, 0.2) is 90.3 Å². The summed E-state index contributed by atoms with van der Waals surface area (Å²) in [7, 11) is -3.67. The normalized spacial score (nSPS) is 14.4. The van der Waals surface area contributed by atoms with Crippen molar-refractivity contribution in [1.29, 1.82) is 0 Å². The maximum Gasteiger partial charge on any atom is 0.243 e. The van der Waals surface area contributed by atoms with E-state index in [2.05, 4.69) is 4.98 Å². The number of hydrogen-bond donors (Lipinski definition) is 0. The van der Waals surface area contributed by atoms with Crippen molar-refractivity contribution >= 4 is 21.7 Å². The van der Waals surface area contributed by atoms with Gasteiger partial charge in [0.1, 0.15) is 5.82 Å². The fourth-order valence-corrected chi connectivity index (χ4v) is 5.86. The summed E-state index contributed by atoms with van der Waals surface area (Å²) in [5.74, 6) is -1.12. The second-order valence-electron chi connectivity index (χ2n) is 8.98. The predicted molar refractivity (Wildman–Crippen MR) is 140 cm³/mol. The largest absolute Gasteiger partial charge is 0.340 e. The SMILES string of the molecule is CC(=O)N1CCN(S(=O)(=O)c2ccc(-c3ccc(C(=O)c4ccc(-n5ccnc5)cc4F)cc3)cc2)CC1. The monoisotopic (exact) mass is 532 g/mol. The first kappa shape index (κ1) is 25.5. The minimum absolute atomic E-state index is 0.0275. The minimum atomic E-state index is -3.67. The third kappa shape index (κ3) is 5.00. The summed E-state index contributed by atoms with van der Waals surface area (Å²) in [5.41, 5.74) is 2.44. The van der Waals surface area contributed by atoms with E-state index in [0.717, 1.165) is 11.1 Å². The molecule has 0 atom stereocenters. The Morgan fingerprint density at radius 3 is 2.05 bits per heavy atom. The van der Waals surface area contributed by atoms with Crippen LogP contribution in [-0.2, 0) is 14.8 Å². The van der Waals surface area contributed by atoms with Gasteiger partial charge in [-0.1, -0.05) is 36.4 Å². The first-order valence-electron chi connectivity index (χ1n) is 12.0. The lowest BCUT2D eigenvalue weighted by Gasteiger charge is -2.33. The van der Waals surface area contributed by atoms with Crippen molar-refractivity contribution in [2.75, 3.05) is 26.2 Å². The van der Waals surface area contributed by atoms with Crippen molar-refractivity contribution in [2.24, 2.45) is 0 Å². The molecule has 10 heteroatoms. The van der Waals surface area contributed by atoms with E-state index in [1.807, 2.05) is 0 Å². The molecule has 1 aliphatic rings. The Kier molecular flexibility index (Phi) is 6.92. The van der Waals surface area contributed by atoms with E-state index in [0.29, 0.717) is 24.3 Å². The Hall–Kier alpha value is -4.15. The van der Waals surface area contributed by atoms with Crippen LogP contribution in [0.1, 0.15) is 22.8 Å². The molecule has 1 fully saturated rings. The topological polar surface area (TPSA) is 92.6 Å². The van der Waals surface area contributed by atoms with Crippen LogP contribution < -0.4 is 0 Å². The molecule has 38 heavy (non-hydrogen) atoms. The number of hydrogen-bond acceptors (Lipinski definition) is 5. The molecule has 0 spiro atoms. The molecule has 0 radical (unpaired) electrons. The molecule has 2 heterocycles.